The number of benzene rings is 1. The Kier molecular flexibility index (Phi) is 7.25. The van der Waals surface area contributed by atoms with Gasteiger partial charge in [0.1, 0.15) is 5.82 Å². The van der Waals surface area contributed by atoms with Crippen molar-refractivity contribution in [3.05, 3.63) is 53.2 Å². The smallest absolute Gasteiger partial charge is 0.246 e. The van der Waals surface area contributed by atoms with Crippen LogP contribution in [0.15, 0.2) is 36.5 Å². The normalized spacial score (nSPS) is 14.0. The number of rotatable bonds is 7. The highest BCUT2D eigenvalue weighted by atomic mass is 16.5. The van der Waals surface area contributed by atoms with Crippen molar-refractivity contribution in [3.63, 3.8) is 0 Å². The molecule has 3 rings (SSSR count). The van der Waals surface area contributed by atoms with Gasteiger partial charge in [-0.3, -0.25) is 14.5 Å². The number of pyridine rings is 1. The van der Waals surface area contributed by atoms with Gasteiger partial charge in [-0.25, -0.2) is 4.98 Å². The third-order valence-electron chi connectivity index (χ3n) is 4.84. The van der Waals surface area contributed by atoms with E-state index in [-0.39, 0.29) is 11.8 Å². The van der Waals surface area contributed by atoms with Crippen LogP contribution in [0.25, 0.3) is 6.08 Å². The van der Waals surface area contributed by atoms with E-state index in [0.29, 0.717) is 43.6 Å². The number of amides is 2. The van der Waals surface area contributed by atoms with Crippen molar-refractivity contribution in [2.24, 2.45) is 0 Å². The second-order valence-electron chi connectivity index (χ2n) is 7.44. The van der Waals surface area contributed by atoms with E-state index in [1.54, 1.807) is 31.3 Å². The van der Waals surface area contributed by atoms with Crippen molar-refractivity contribution >= 4 is 23.7 Å². The summed E-state index contributed by atoms with van der Waals surface area (Å²) in [4.78, 5) is 32.3. The molecule has 1 aliphatic rings. The summed E-state index contributed by atoms with van der Waals surface area (Å²) in [7, 11) is 5.22. The monoisotopic (exact) mass is 424 g/mol. The summed E-state index contributed by atoms with van der Waals surface area (Å²) in [6.07, 6.45) is 4.90. The first-order valence-electron chi connectivity index (χ1n) is 10.1. The van der Waals surface area contributed by atoms with Crippen LogP contribution in [-0.4, -0.2) is 61.0 Å². The summed E-state index contributed by atoms with van der Waals surface area (Å²) in [5.74, 6) is 1.68. The van der Waals surface area contributed by atoms with E-state index in [0.717, 1.165) is 16.7 Å². The Morgan fingerprint density at radius 1 is 1.29 bits per heavy atom. The predicted molar refractivity (Wildman–Crippen MR) is 119 cm³/mol. The van der Waals surface area contributed by atoms with Gasteiger partial charge in [0.2, 0.25) is 11.8 Å². The number of likely N-dealkylation sites (N-methyl/N-ethyl adjacent to an activating group) is 2. The van der Waals surface area contributed by atoms with Gasteiger partial charge >= 0.3 is 0 Å². The molecular formula is C23H28N4O4. The van der Waals surface area contributed by atoms with Gasteiger partial charge in [0.05, 0.1) is 20.3 Å². The zero-order valence-corrected chi connectivity index (χ0v) is 18.3. The number of carbonyl (C=O) groups is 2. The SMILES string of the molecule is CCOc1ccc(CN(C)C(=O)C=Cc2cnc3c(c2)CN(C)CC(=O)N3)cc1OC. The molecule has 1 N–H and O–H groups in total. The molecular weight excluding hydrogens is 396 g/mol. The molecule has 8 nitrogen and oxygen atoms in total. The Hall–Kier alpha value is -3.39. The van der Waals surface area contributed by atoms with Crippen molar-refractivity contribution in [1.82, 2.24) is 14.8 Å². The zero-order chi connectivity index (χ0) is 22.4. The molecule has 0 unspecified atom stereocenters. The largest absolute Gasteiger partial charge is 0.493 e. The van der Waals surface area contributed by atoms with Gasteiger partial charge in [0.15, 0.2) is 11.5 Å². The minimum atomic E-state index is -0.131. The van der Waals surface area contributed by atoms with Gasteiger partial charge in [-0.2, -0.15) is 0 Å². The summed E-state index contributed by atoms with van der Waals surface area (Å²) in [6, 6.07) is 7.58. The van der Waals surface area contributed by atoms with E-state index in [9.17, 15) is 9.59 Å². The molecule has 0 fully saturated rings. The van der Waals surface area contributed by atoms with E-state index in [2.05, 4.69) is 10.3 Å². The van der Waals surface area contributed by atoms with E-state index >= 15 is 0 Å². The Balaban J connectivity index is 1.66. The van der Waals surface area contributed by atoms with Crippen LogP contribution in [0.5, 0.6) is 11.5 Å². The fraction of sp³-hybridized carbons (Fsp3) is 0.348. The maximum Gasteiger partial charge on any atom is 0.246 e. The maximum atomic E-state index is 12.6. The number of methoxy groups -OCH3 is 1. The Labute approximate surface area is 182 Å². The molecule has 1 aromatic heterocycles. The van der Waals surface area contributed by atoms with E-state index in [4.69, 9.17) is 9.47 Å². The third-order valence-corrected chi connectivity index (χ3v) is 4.84. The van der Waals surface area contributed by atoms with Crippen molar-refractivity contribution in [3.8, 4) is 11.5 Å². The predicted octanol–water partition coefficient (Wildman–Crippen LogP) is 2.54. The molecule has 2 aromatic rings. The average molecular weight is 425 g/mol. The number of hydrogen-bond acceptors (Lipinski definition) is 6. The number of nitrogens with one attached hydrogen (secondary N) is 1. The molecule has 31 heavy (non-hydrogen) atoms. The number of carbonyl (C=O) groups excluding carboxylic acids is 2. The quantitative estimate of drug-likeness (QED) is 0.688. The minimum absolute atomic E-state index is 0.0836. The molecule has 0 bridgehead atoms. The molecule has 8 heteroatoms. The molecule has 2 amide bonds. The standard InChI is InChI=1S/C23H28N4O4/c1-5-31-19-8-6-17(11-20(19)30-4)13-27(3)22(29)9-7-16-10-18-14-26(2)15-21(28)25-23(18)24-12-16/h6-12H,5,13-15H2,1-4H3,(H,24,25,28). The lowest BCUT2D eigenvalue weighted by atomic mass is 10.1. The first-order chi connectivity index (χ1) is 14.9. The molecule has 2 heterocycles. The number of nitrogens with zero attached hydrogens (tertiary/aromatic N) is 3. The van der Waals surface area contributed by atoms with Crippen LogP contribution in [-0.2, 0) is 22.7 Å². The van der Waals surface area contributed by atoms with E-state index in [1.807, 2.05) is 43.1 Å². The number of hydrogen-bond donors (Lipinski definition) is 1. The highest BCUT2D eigenvalue weighted by Crippen LogP contribution is 2.28. The number of aromatic nitrogens is 1. The Bertz CT molecular complexity index is 990. The average Bonchev–Trinajstić information content (AvgIpc) is 2.88. The van der Waals surface area contributed by atoms with Gasteiger partial charge in [-0.05, 0) is 49.4 Å². The minimum Gasteiger partial charge on any atom is -0.493 e. The van der Waals surface area contributed by atoms with Crippen LogP contribution in [0, 0.1) is 0 Å². The molecule has 0 aliphatic carbocycles. The fourth-order valence-corrected chi connectivity index (χ4v) is 3.35. The van der Waals surface area contributed by atoms with Crippen molar-refractivity contribution in [2.45, 2.75) is 20.0 Å². The van der Waals surface area contributed by atoms with Crippen LogP contribution in [0.3, 0.4) is 0 Å². The molecule has 164 valence electrons. The van der Waals surface area contributed by atoms with Gasteiger partial charge < -0.3 is 19.7 Å². The molecule has 0 spiro atoms. The van der Waals surface area contributed by atoms with Crippen LogP contribution in [0.2, 0.25) is 0 Å². The van der Waals surface area contributed by atoms with Gasteiger partial charge in [-0.15, -0.1) is 0 Å². The van der Waals surface area contributed by atoms with Gasteiger partial charge in [-0.1, -0.05) is 6.07 Å². The first kappa shape index (κ1) is 22.3. The Morgan fingerprint density at radius 3 is 2.84 bits per heavy atom. The maximum absolute atomic E-state index is 12.6. The van der Waals surface area contributed by atoms with E-state index < -0.39 is 0 Å². The fourth-order valence-electron chi connectivity index (χ4n) is 3.35. The van der Waals surface area contributed by atoms with Crippen LogP contribution in [0.4, 0.5) is 5.82 Å². The molecule has 0 radical (unpaired) electrons. The van der Waals surface area contributed by atoms with Crippen LogP contribution < -0.4 is 14.8 Å². The summed E-state index contributed by atoms with van der Waals surface area (Å²) in [5, 5.41) is 2.80. The van der Waals surface area contributed by atoms with Gasteiger partial charge in [0.25, 0.3) is 0 Å². The number of ether oxygens (including phenoxy) is 2. The summed E-state index contributed by atoms with van der Waals surface area (Å²) < 4.78 is 10.9. The zero-order valence-electron chi connectivity index (χ0n) is 18.3. The highest BCUT2D eigenvalue weighted by Gasteiger charge is 2.17. The summed E-state index contributed by atoms with van der Waals surface area (Å²) in [6.45, 7) is 3.83. The molecule has 0 saturated carbocycles. The Morgan fingerprint density at radius 2 is 2.10 bits per heavy atom. The molecule has 0 saturated heterocycles. The van der Waals surface area contributed by atoms with Crippen LogP contribution >= 0.6 is 0 Å². The number of anilines is 1. The molecule has 0 atom stereocenters. The van der Waals surface area contributed by atoms with Gasteiger partial charge in [0, 0.05) is 38.0 Å². The molecule has 1 aliphatic heterocycles. The lowest BCUT2D eigenvalue weighted by Gasteiger charge is -2.17. The lowest BCUT2D eigenvalue weighted by molar-refractivity contribution is -0.125. The topological polar surface area (TPSA) is 84.0 Å². The second-order valence-corrected chi connectivity index (χ2v) is 7.44. The van der Waals surface area contributed by atoms with Crippen LogP contribution in [0.1, 0.15) is 23.6 Å². The highest BCUT2D eigenvalue weighted by molar-refractivity contribution is 5.93. The van der Waals surface area contributed by atoms with Crippen molar-refractivity contribution < 1.29 is 19.1 Å². The van der Waals surface area contributed by atoms with Crippen molar-refractivity contribution in [1.29, 1.82) is 0 Å². The summed E-state index contributed by atoms with van der Waals surface area (Å²) >= 11 is 0. The number of fused-ring (bicyclic) bond motifs is 1. The molecule has 1 aromatic carbocycles. The second kappa shape index (κ2) is 10.1. The first-order valence-corrected chi connectivity index (χ1v) is 10.1. The van der Waals surface area contributed by atoms with Crippen molar-refractivity contribution in [2.75, 3.05) is 39.7 Å². The third kappa shape index (κ3) is 5.82. The van der Waals surface area contributed by atoms with E-state index in [1.165, 1.54) is 6.08 Å². The lowest BCUT2D eigenvalue weighted by Crippen LogP contribution is -2.26. The summed E-state index contributed by atoms with van der Waals surface area (Å²) in [5.41, 5.74) is 2.65.